The van der Waals surface area contributed by atoms with Crippen LogP contribution in [0.1, 0.15) is 59.8 Å². The Morgan fingerprint density at radius 3 is 2.05 bits per heavy atom. The van der Waals surface area contributed by atoms with Crippen LogP contribution in [0.4, 0.5) is 0 Å². The lowest BCUT2D eigenvalue weighted by molar-refractivity contribution is 0.217. The van der Waals surface area contributed by atoms with Gasteiger partial charge in [0.25, 0.3) is 0 Å². The van der Waals surface area contributed by atoms with Crippen LogP contribution < -0.4 is 5.32 Å². The maximum atomic E-state index is 3.69. The highest BCUT2D eigenvalue weighted by atomic mass is 15.1. The van der Waals surface area contributed by atoms with E-state index in [9.17, 15) is 0 Å². The van der Waals surface area contributed by atoms with E-state index < -0.39 is 0 Å². The second-order valence-corrected chi connectivity index (χ2v) is 7.26. The Kier molecular flexibility index (Phi) is 8.72. The van der Waals surface area contributed by atoms with Gasteiger partial charge in [0, 0.05) is 26.2 Å². The first-order valence-corrected chi connectivity index (χ1v) is 8.51. The molecule has 1 rings (SSSR count). The molecule has 0 heterocycles. The number of hydrogen-bond donors (Lipinski definition) is 1. The van der Waals surface area contributed by atoms with Crippen molar-refractivity contribution in [1.82, 2.24) is 10.2 Å². The van der Waals surface area contributed by atoms with Crippen molar-refractivity contribution >= 4 is 0 Å². The van der Waals surface area contributed by atoms with Gasteiger partial charge in [0.15, 0.2) is 0 Å². The van der Waals surface area contributed by atoms with E-state index >= 15 is 0 Å². The molecule has 0 spiro atoms. The van der Waals surface area contributed by atoms with Gasteiger partial charge in [-0.1, -0.05) is 47.0 Å². The summed E-state index contributed by atoms with van der Waals surface area (Å²) in [5.74, 6) is 2.51. The molecule has 19 heavy (non-hydrogen) atoms. The average Bonchev–Trinajstić information content (AvgIpc) is 2.34. The SMILES string of the molecule is CC(C)CN(CCNCC1CCCCC1)CC(C)C. The standard InChI is InChI=1S/C17H36N2/c1-15(2)13-19(14-16(3)4)11-10-18-12-17-8-6-5-7-9-17/h15-18H,5-14H2,1-4H3. The van der Waals surface area contributed by atoms with Gasteiger partial charge in [-0.3, -0.25) is 0 Å². The molecule has 1 saturated carbocycles. The summed E-state index contributed by atoms with van der Waals surface area (Å²) in [5.41, 5.74) is 0. The van der Waals surface area contributed by atoms with Crippen LogP contribution in [0.25, 0.3) is 0 Å². The van der Waals surface area contributed by atoms with Crippen LogP contribution in [0.15, 0.2) is 0 Å². The Morgan fingerprint density at radius 1 is 0.947 bits per heavy atom. The lowest BCUT2D eigenvalue weighted by Crippen LogP contribution is -2.38. The minimum Gasteiger partial charge on any atom is -0.315 e. The molecule has 0 aromatic heterocycles. The van der Waals surface area contributed by atoms with E-state index in [4.69, 9.17) is 0 Å². The lowest BCUT2D eigenvalue weighted by Gasteiger charge is -2.27. The molecule has 114 valence electrons. The quantitative estimate of drug-likeness (QED) is 0.640. The van der Waals surface area contributed by atoms with E-state index in [2.05, 4.69) is 37.9 Å². The fourth-order valence-electron chi connectivity index (χ4n) is 3.22. The highest BCUT2D eigenvalue weighted by molar-refractivity contribution is 4.69. The highest BCUT2D eigenvalue weighted by Crippen LogP contribution is 2.22. The maximum Gasteiger partial charge on any atom is 0.0107 e. The Hall–Kier alpha value is -0.0800. The van der Waals surface area contributed by atoms with Crippen LogP contribution in [-0.2, 0) is 0 Å². The van der Waals surface area contributed by atoms with E-state index in [1.165, 1.54) is 58.3 Å². The van der Waals surface area contributed by atoms with Gasteiger partial charge in [0.05, 0.1) is 0 Å². The molecule has 0 atom stereocenters. The van der Waals surface area contributed by atoms with Gasteiger partial charge < -0.3 is 10.2 Å². The van der Waals surface area contributed by atoms with Gasteiger partial charge in [-0.2, -0.15) is 0 Å². The van der Waals surface area contributed by atoms with E-state index in [1.54, 1.807) is 0 Å². The molecule has 2 nitrogen and oxygen atoms in total. The van der Waals surface area contributed by atoms with Crippen molar-refractivity contribution in [3.8, 4) is 0 Å². The minimum absolute atomic E-state index is 0.775. The fraction of sp³-hybridized carbons (Fsp3) is 1.00. The van der Waals surface area contributed by atoms with Crippen LogP contribution in [-0.4, -0.2) is 37.6 Å². The highest BCUT2D eigenvalue weighted by Gasteiger charge is 2.13. The lowest BCUT2D eigenvalue weighted by atomic mass is 9.89. The third kappa shape index (κ3) is 8.65. The largest absolute Gasteiger partial charge is 0.315 e. The minimum atomic E-state index is 0.775. The second kappa shape index (κ2) is 9.77. The molecule has 0 radical (unpaired) electrons. The predicted molar refractivity (Wildman–Crippen MR) is 85.6 cm³/mol. The van der Waals surface area contributed by atoms with Crippen molar-refractivity contribution in [3.63, 3.8) is 0 Å². The van der Waals surface area contributed by atoms with Gasteiger partial charge in [-0.15, -0.1) is 0 Å². The molecular formula is C17H36N2. The summed E-state index contributed by atoms with van der Waals surface area (Å²) in [5, 5.41) is 3.69. The Balaban J connectivity index is 2.12. The van der Waals surface area contributed by atoms with Crippen LogP contribution in [0.2, 0.25) is 0 Å². The van der Waals surface area contributed by atoms with Gasteiger partial charge in [0.2, 0.25) is 0 Å². The first-order chi connectivity index (χ1) is 9.08. The van der Waals surface area contributed by atoms with Gasteiger partial charge in [-0.25, -0.2) is 0 Å². The number of hydrogen-bond acceptors (Lipinski definition) is 2. The van der Waals surface area contributed by atoms with Crippen LogP contribution in [0, 0.1) is 17.8 Å². The second-order valence-electron chi connectivity index (χ2n) is 7.26. The zero-order valence-electron chi connectivity index (χ0n) is 13.8. The average molecular weight is 268 g/mol. The van der Waals surface area contributed by atoms with Gasteiger partial charge in [-0.05, 0) is 37.1 Å². The summed E-state index contributed by atoms with van der Waals surface area (Å²) in [6.07, 6.45) is 7.29. The smallest absolute Gasteiger partial charge is 0.0107 e. The predicted octanol–water partition coefficient (Wildman–Crippen LogP) is 3.77. The molecule has 0 aromatic rings. The molecule has 1 aliphatic carbocycles. The normalized spacial score (nSPS) is 17.8. The van der Waals surface area contributed by atoms with Gasteiger partial charge >= 0.3 is 0 Å². The molecule has 1 aliphatic rings. The molecule has 1 N–H and O–H groups in total. The van der Waals surface area contributed by atoms with Crippen LogP contribution in [0.3, 0.4) is 0 Å². The monoisotopic (exact) mass is 268 g/mol. The summed E-state index contributed by atoms with van der Waals surface area (Å²) in [4.78, 5) is 2.63. The first kappa shape index (κ1) is 17.0. The van der Waals surface area contributed by atoms with Crippen molar-refractivity contribution in [3.05, 3.63) is 0 Å². The molecule has 0 amide bonds. The Morgan fingerprint density at radius 2 is 1.53 bits per heavy atom. The summed E-state index contributed by atoms with van der Waals surface area (Å²) in [6, 6.07) is 0. The molecule has 0 aliphatic heterocycles. The van der Waals surface area contributed by atoms with Crippen molar-refractivity contribution in [2.75, 3.05) is 32.7 Å². The molecule has 0 aromatic carbocycles. The number of nitrogens with one attached hydrogen (secondary N) is 1. The Bertz CT molecular complexity index is 197. The summed E-state index contributed by atoms with van der Waals surface area (Å²) < 4.78 is 0. The first-order valence-electron chi connectivity index (χ1n) is 8.51. The molecular weight excluding hydrogens is 232 g/mol. The zero-order chi connectivity index (χ0) is 14.1. The topological polar surface area (TPSA) is 15.3 Å². The molecule has 0 bridgehead atoms. The van der Waals surface area contributed by atoms with Crippen LogP contribution >= 0.6 is 0 Å². The fourth-order valence-corrected chi connectivity index (χ4v) is 3.22. The van der Waals surface area contributed by atoms with E-state index in [0.29, 0.717) is 0 Å². The van der Waals surface area contributed by atoms with E-state index in [-0.39, 0.29) is 0 Å². The number of rotatable bonds is 9. The molecule has 2 heteroatoms. The molecule has 1 fully saturated rings. The molecule has 0 saturated heterocycles. The third-order valence-electron chi connectivity index (χ3n) is 4.01. The van der Waals surface area contributed by atoms with Gasteiger partial charge in [0.1, 0.15) is 0 Å². The summed E-state index contributed by atoms with van der Waals surface area (Å²) in [6.45, 7) is 15.4. The van der Waals surface area contributed by atoms with Crippen molar-refractivity contribution in [2.24, 2.45) is 17.8 Å². The van der Waals surface area contributed by atoms with Crippen molar-refractivity contribution in [1.29, 1.82) is 0 Å². The van der Waals surface area contributed by atoms with Crippen molar-refractivity contribution in [2.45, 2.75) is 59.8 Å². The maximum absolute atomic E-state index is 3.69. The van der Waals surface area contributed by atoms with E-state index in [0.717, 1.165) is 24.3 Å². The molecule has 0 unspecified atom stereocenters. The third-order valence-corrected chi connectivity index (χ3v) is 4.01. The Labute approximate surface area is 121 Å². The van der Waals surface area contributed by atoms with E-state index in [1.807, 2.05) is 0 Å². The number of nitrogens with zero attached hydrogens (tertiary/aromatic N) is 1. The van der Waals surface area contributed by atoms with Crippen molar-refractivity contribution < 1.29 is 0 Å². The summed E-state index contributed by atoms with van der Waals surface area (Å²) in [7, 11) is 0. The van der Waals surface area contributed by atoms with Crippen LogP contribution in [0.5, 0.6) is 0 Å². The summed E-state index contributed by atoms with van der Waals surface area (Å²) >= 11 is 0. The zero-order valence-corrected chi connectivity index (χ0v) is 13.8.